The molecule has 0 atom stereocenters. The van der Waals surface area contributed by atoms with Crippen molar-refractivity contribution in [2.24, 2.45) is 5.73 Å². The van der Waals surface area contributed by atoms with Crippen LogP contribution in [0.2, 0.25) is 0 Å². The van der Waals surface area contributed by atoms with E-state index in [0.717, 1.165) is 0 Å². The van der Waals surface area contributed by atoms with Gasteiger partial charge in [0, 0.05) is 11.1 Å². The SMILES string of the molecule is CSc1ccc(C(N)=O)c(C)c1[N+](=O)[O-]. The number of hydrogen-bond donors (Lipinski definition) is 1. The van der Waals surface area contributed by atoms with Gasteiger partial charge in [-0.2, -0.15) is 0 Å². The van der Waals surface area contributed by atoms with Crippen molar-refractivity contribution >= 4 is 23.4 Å². The van der Waals surface area contributed by atoms with Crippen LogP contribution in [0.25, 0.3) is 0 Å². The molecule has 0 spiro atoms. The largest absolute Gasteiger partial charge is 0.366 e. The van der Waals surface area contributed by atoms with Crippen molar-refractivity contribution in [2.45, 2.75) is 11.8 Å². The van der Waals surface area contributed by atoms with Crippen LogP contribution in [0.4, 0.5) is 5.69 Å². The van der Waals surface area contributed by atoms with Crippen molar-refractivity contribution in [1.29, 1.82) is 0 Å². The Balaban J connectivity index is 3.49. The normalized spacial score (nSPS) is 10.0. The van der Waals surface area contributed by atoms with E-state index in [-0.39, 0.29) is 11.3 Å². The average Bonchev–Trinajstić information content (AvgIpc) is 2.15. The number of benzene rings is 1. The van der Waals surface area contributed by atoms with Crippen LogP contribution < -0.4 is 5.73 Å². The fraction of sp³-hybridized carbons (Fsp3) is 0.222. The van der Waals surface area contributed by atoms with Gasteiger partial charge in [-0.25, -0.2) is 0 Å². The fourth-order valence-electron chi connectivity index (χ4n) is 1.33. The summed E-state index contributed by atoms with van der Waals surface area (Å²) in [5, 5.41) is 10.8. The second-order valence-electron chi connectivity index (χ2n) is 2.91. The van der Waals surface area contributed by atoms with E-state index in [1.165, 1.54) is 30.8 Å². The topological polar surface area (TPSA) is 86.2 Å². The van der Waals surface area contributed by atoms with E-state index in [4.69, 9.17) is 5.73 Å². The molecule has 0 bridgehead atoms. The van der Waals surface area contributed by atoms with Gasteiger partial charge in [0.2, 0.25) is 5.91 Å². The van der Waals surface area contributed by atoms with Gasteiger partial charge in [0.05, 0.1) is 9.82 Å². The Hall–Kier alpha value is -1.56. The zero-order chi connectivity index (χ0) is 11.6. The molecule has 0 fully saturated rings. The first-order chi connectivity index (χ1) is 6.99. The Morgan fingerprint density at radius 1 is 1.53 bits per heavy atom. The highest BCUT2D eigenvalue weighted by molar-refractivity contribution is 7.98. The minimum atomic E-state index is -0.650. The average molecular weight is 226 g/mol. The summed E-state index contributed by atoms with van der Waals surface area (Å²) in [6, 6.07) is 3.05. The first-order valence-electron chi connectivity index (χ1n) is 4.10. The van der Waals surface area contributed by atoms with Gasteiger partial charge in [0.1, 0.15) is 0 Å². The van der Waals surface area contributed by atoms with E-state index < -0.39 is 10.8 Å². The number of nitrogens with two attached hydrogens (primary N) is 1. The van der Waals surface area contributed by atoms with Gasteiger partial charge in [0.15, 0.2) is 0 Å². The molecule has 0 heterocycles. The van der Waals surface area contributed by atoms with Crippen molar-refractivity contribution in [3.63, 3.8) is 0 Å². The molecule has 0 aliphatic heterocycles. The van der Waals surface area contributed by atoms with E-state index in [2.05, 4.69) is 0 Å². The van der Waals surface area contributed by atoms with Gasteiger partial charge in [-0.15, -0.1) is 11.8 Å². The van der Waals surface area contributed by atoms with Crippen molar-refractivity contribution in [1.82, 2.24) is 0 Å². The molecule has 0 unspecified atom stereocenters. The Morgan fingerprint density at radius 2 is 2.13 bits per heavy atom. The molecular weight excluding hydrogens is 216 g/mol. The molecule has 6 heteroatoms. The molecule has 1 amide bonds. The summed E-state index contributed by atoms with van der Waals surface area (Å²) < 4.78 is 0. The molecule has 1 aromatic carbocycles. The molecule has 5 nitrogen and oxygen atoms in total. The van der Waals surface area contributed by atoms with Crippen LogP contribution in [0.5, 0.6) is 0 Å². The van der Waals surface area contributed by atoms with E-state index in [1.807, 2.05) is 0 Å². The number of thioether (sulfide) groups is 1. The van der Waals surface area contributed by atoms with E-state index >= 15 is 0 Å². The van der Waals surface area contributed by atoms with Gasteiger partial charge >= 0.3 is 0 Å². The fourth-order valence-corrected chi connectivity index (χ4v) is 1.96. The van der Waals surface area contributed by atoms with Crippen molar-refractivity contribution < 1.29 is 9.72 Å². The summed E-state index contributed by atoms with van der Waals surface area (Å²) in [5.74, 6) is -0.650. The number of primary amides is 1. The lowest BCUT2D eigenvalue weighted by Gasteiger charge is -2.05. The Morgan fingerprint density at radius 3 is 2.53 bits per heavy atom. The molecule has 2 N–H and O–H groups in total. The van der Waals surface area contributed by atoms with Crippen LogP contribution in [0, 0.1) is 17.0 Å². The van der Waals surface area contributed by atoms with Gasteiger partial charge in [-0.1, -0.05) is 0 Å². The monoisotopic (exact) mass is 226 g/mol. The maximum absolute atomic E-state index is 11.0. The quantitative estimate of drug-likeness (QED) is 0.483. The van der Waals surface area contributed by atoms with E-state index in [0.29, 0.717) is 10.5 Å². The maximum Gasteiger partial charge on any atom is 0.286 e. The molecule has 80 valence electrons. The summed E-state index contributed by atoms with van der Waals surface area (Å²) in [6.07, 6.45) is 1.74. The predicted octanol–water partition coefficient (Wildman–Crippen LogP) is 1.72. The Bertz CT molecular complexity index is 432. The number of nitro groups is 1. The highest BCUT2D eigenvalue weighted by Crippen LogP contribution is 2.32. The number of carbonyl (C=O) groups excluding carboxylic acids is 1. The summed E-state index contributed by atoms with van der Waals surface area (Å²) in [5.41, 5.74) is 5.58. The first kappa shape index (κ1) is 11.5. The Kier molecular flexibility index (Phi) is 3.31. The zero-order valence-electron chi connectivity index (χ0n) is 8.31. The number of rotatable bonds is 3. The lowest BCUT2D eigenvalue weighted by Crippen LogP contribution is -2.13. The maximum atomic E-state index is 11.0. The molecule has 1 rings (SSSR count). The third-order valence-corrected chi connectivity index (χ3v) is 2.83. The van der Waals surface area contributed by atoms with Crippen molar-refractivity contribution in [3.05, 3.63) is 33.4 Å². The standard InChI is InChI=1S/C9H10N2O3S/c1-5-6(9(10)12)3-4-7(15-2)8(5)11(13)14/h3-4H,1-2H3,(H2,10,12). The summed E-state index contributed by atoms with van der Waals surface area (Å²) in [6.45, 7) is 1.53. The van der Waals surface area contributed by atoms with E-state index in [9.17, 15) is 14.9 Å². The third-order valence-electron chi connectivity index (χ3n) is 2.06. The number of hydrogen-bond acceptors (Lipinski definition) is 4. The van der Waals surface area contributed by atoms with E-state index in [1.54, 1.807) is 6.26 Å². The van der Waals surface area contributed by atoms with Crippen LogP contribution in [0.1, 0.15) is 15.9 Å². The smallest absolute Gasteiger partial charge is 0.286 e. The first-order valence-corrected chi connectivity index (χ1v) is 5.33. The van der Waals surface area contributed by atoms with Crippen LogP contribution in [-0.4, -0.2) is 17.1 Å². The lowest BCUT2D eigenvalue weighted by molar-refractivity contribution is -0.388. The van der Waals surface area contributed by atoms with Crippen LogP contribution in [-0.2, 0) is 0 Å². The van der Waals surface area contributed by atoms with Crippen molar-refractivity contribution in [2.75, 3.05) is 6.26 Å². The minimum Gasteiger partial charge on any atom is -0.366 e. The second kappa shape index (κ2) is 4.31. The number of nitro benzene ring substituents is 1. The van der Waals surface area contributed by atoms with Gasteiger partial charge in [-0.05, 0) is 25.3 Å². The molecule has 0 aromatic heterocycles. The third kappa shape index (κ3) is 2.10. The highest BCUT2D eigenvalue weighted by atomic mass is 32.2. The summed E-state index contributed by atoms with van der Waals surface area (Å²) >= 11 is 1.26. The molecule has 0 saturated carbocycles. The predicted molar refractivity (Wildman–Crippen MR) is 58.1 cm³/mol. The van der Waals surface area contributed by atoms with Gasteiger partial charge in [-0.3, -0.25) is 14.9 Å². The van der Waals surface area contributed by atoms with Crippen LogP contribution in [0.3, 0.4) is 0 Å². The second-order valence-corrected chi connectivity index (χ2v) is 3.76. The van der Waals surface area contributed by atoms with Gasteiger partial charge < -0.3 is 5.73 Å². The molecular formula is C9H10N2O3S. The lowest BCUT2D eigenvalue weighted by atomic mass is 10.1. The minimum absolute atomic E-state index is 0.0428. The molecule has 15 heavy (non-hydrogen) atoms. The summed E-state index contributed by atoms with van der Waals surface area (Å²) in [4.78, 5) is 21.8. The molecule has 0 saturated heterocycles. The molecule has 1 aromatic rings. The molecule has 0 aliphatic rings. The van der Waals surface area contributed by atoms with Crippen LogP contribution in [0.15, 0.2) is 17.0 Å². The number of nitrogens with zero attached hydrogens (tertiary/aromatic N) is 1. The number of carbonyl (C=O) groups is 1. The molecule has 0 aliphatic carbocycles. The zero-order valence-corrected chi connectivity index (χ0v) is 9.13. The van der Waals surface area contributed by atoms with Gasteiger partial charge in [0.25, 0.3) is 5.69 Å². The van der Waals surface area contributed by atoms with Crippen LogP contribution >= 0.6 is 11.8 Å². The highest BCUT2D eigenvalue weighted by Gasteiger charge is 2.21. The van der Waals surface area contributed by atoms with Crippen molar-refractivity contribution in [3.8, 4) is 0 Å². The Labute approximate surface area is 90.8 Å². The molecule has 0 radical (unpaired) electrons. The summed E-state index contributed by atoms with van der Waals surface area (Å²) in [7, 11) is 0. The number of amides is 1.